The molecule has 0 aliphatic heterocycles. The van der Waals surface area contributed by atoms with E-state index in [2.05, 4.69) is 21.2 Å². The van der Waals surface area contributed by atoms with Crippen molar-refractivity contribution >= 4 is 43.5 Å². The van der Waals surface area contributed by atoms with Gasteiger partial charge in [-0.3, -0.25) is 13.9 Å². The maximum atomic E-state index is 13.2. The Morgan fingerprint density at radius 1 is 1.12 bits per heavy atom. The fourth-order valence-electron chi connectivity index (χ4n) is 3.52. The SMILES string of the molecule is CCNC(=O)C(C)N(Cc1cccc(Br)c1)C(=O)CCCN(c1cccc(C)c1)S(C)(=O)=O. The lowest BCUT2D eigenvalue weighted by molar-refractivity contribution is -0.140. The molecule has 0 heterocycles. The van der Waals surface area contributed by atoms with Gasteiger partial charge in [-0.25, -0.2) is 8.42 Å². The van der Waals surface area contributed by atoms with Crippen LogP contribution in [0.1, 0.15) is 37.8 Å². The molecule has 1 N–H and O–H groups in total. The second-order valence-corrected chi connectivity index (χ2v) is 10.8. The summed E-state index contributed by atoms with van der Waals surface area (Å²) in [5.41, 5.74) is 2.42. The number of carbonyl (C=O) groups is 2. The standard InChI is InChI=1S/C24H32BrN3O4S/c1-5-26-24(30)19(3)27(17-20-10-7-11-21(25)16-20)23(29)13-8-14-28(33(4,31)32)22-12-6-9-18(2)15-22/h6-7,9-12,15-16,19H,5,8,13-14,17H2,1-4H3,(H,26,30). The Balaban J connectivity index is 2.15. The van der Waals surface area contributed by atoms with E-state index in [1.54, 1.807) is 24.0 Å². The zero-order valence-corrected chi connectivity index (χ0v) is 21.9. The first-order chi connectivity index (χ1) is 15.5. The predicted octanol–water partition coefficient (Wildman–Crippen LogP) is 3.86. The molecule has 2 rings (SSSR count). The highest BCUT2D eigenvalue weighted by molar-refractivity contribution is 9.10. The number of anilines is 1. The molecule has 0 radical (unpaired) electrons. The Hall–Kier alpha value is -2.39. The average Bonchev–Trinajstić information content (AvgIpc) is 2.73. The number of benzene rings is 2. The Morgan fingerprint density at radius 2 is 1.82 bits per heavy atom. The minimum Gasteiger partial charge on any atom is -0.355 e. The van der Waals surface area contributed by atoms with Crippen LogP contribution in [0.25, 0.3) is 0 Å². The monoisotopic (exact) mass is 537 g/mol. The topological polar surface area (TPSA) is 86.8 Å². The zero-order chi connectivity index (χ0) is 24.6. The van der Waals surface area contributed by atoms with Gasteiger partial charge in [0.25, 0.3) is 0 Å². The van der Waals surface area contributed by atoms with Crippen LogP contribution in [-0.2, 0) is 26.2 Å². The quantitative estimate of drug-likeness (QED) is 0.471. The molecule has 0 saturated carbocycles. The van der Waals surface area contributed by atoms with Crippen molar-refractivity contribution in [3.05, 3.63) is 64.1 Å². The maximum Gasteiger partial charge on any atom is 0.242 e. The number of aryl methyl sites for hydroxylation is 1. The summed E-state index contributed by atoms with van der Waals surface area (Å²) in [5.74, 6) is -0.426. The van der Waals surface area contributed by atoms with Gasteiger partial charge in [-0.05, 0) is 62.6 Å². The largest absolute Gasteiger partial charge is 0.355 e. The second-order valence-electron chi connectivity index (χ2n) is 8.00. The van der Waals surface area contributed by atoms with Gasteiger partial charge < -0.3 is 10.2 Å². The lowest BCUT2D eigenvalue weighted by atomic mass is 10.1. The van der Waals surface area contributed by atoms with E-state index >= 15 is 0 Å². The van der Waals surface area contributed by atoms with Gasteiger partial charge >= 0.3 is 0 Å². The molecular weight excluding hydrogens is 506 g/mol. The predicted molar refractivity (Wildman–Crippen MR) is 135 cm³/mol. The van der Waals surface area contributed by atoms with Crippen LogP contribution < -0.4 is 9.62 Å². The van der Waals surface area contributed by atoms with Crippen molar-refractivity contribution < 1.29 is 18.0 Å². The molecule has 0 saturated heterocycles. The number of halogens is 1. The minimum absolute atomic E-state index is 0.121. The molecule has 7 nitrogen and oxygen atoms in total. The van der Waals surface area contributed by atoms with Crippen molar-refractivity contribution in [3.8, 4) is 0 Å². The summed E-state index contributed by atoms with van der Waals surface area (Å²) >= 11 is 3.44. The van der Waals surface area contributed by atoms with Gasteiger partial charge in [-0.2, -0.15) is 0 Å². The van der Waals surface area contributed by atoms with Crippen LogP contribution >= 0.6 is 15.9 Å². The van der Waals surface area contributed by atoms with Crippen LogP contribution in [-0.4, -0.2) is 50.5 Å². The Kier molecular flexibility index (Phi) is 9.91. The van der Waals surface area contributed by atoms with E-state index in [9.17, 15) is 18.0 Å². The molecule has 0 spiro atoms. The zero-order valence-electron chi connectivity index (χ0n) is 19.5. The van der Waals surface area contributed by atoms with Gasteiger partial charge in [0.15, 0.2) is 0 Å². The fraction of sp³-hybridized carbons (Fsp3) is 0.417. The number of sulfonamides is 1. The number of nitrogens with one attached hydrogen (secondary N) is 1. The number of rotatable bonds is 11. The molecule has 9 heteroatoms. The second kappa shape index (κ2) is 12.2. The number of hydrogen-bond donors (Lipinski definition) is 1. The Labute approximate surface area is 205 Å². The molecule has 180 valence electrons. The van der Waals surface area contributed by atoms with Crippen LogP contribution in [0.3, 0.4) is 0 Å². The molecular formula is C24H32BrN3O4S. The molecule has 33 heavy (non-hydrogen) atoms. The van der Waals surface area contributed by atoms with E-state index < -0.39 is 16.1 Å². The van der Waals surface area contributed by atoms with E-state index in [0.717, 1.165) is 21.9 Å². The number of hydrogen-bond acceptors (Lipinski definition) is 4. The van der Waals surface area contributed by atoms with Gasteiger partial charge in [-0.15, -0.1) is 0 Å². The highest BCUT2D eigenvalue weighted by Gasteiger charge is 2.26. The maximum absolute atomic E-state index is 13.2. The first-order valence-corrected chi connectivity index (χ1v) is 13.5. The van der Waals surface area contributed by atoms with E-state index in [-0.39, 0.29) is 31.3 Å². The van der Waals surface area contributed by atoms with Gasteiger partial charge in [0, 0.05) is 30.5 Å². The molecule has 2 aromatic carbocycles. The van der Waals surface area contributed by atoms with Gasteiger partial charge in [0.1, 0.15) is 6.04 Å². The van der Waals surface area contributed by atoms with Gasteiger partial charge in [0.05, 0.1) is 11.9 Å². The summed E-state index contributed by atoms with van der Waals surface area (Å²) in [5, 5.41) is 2.77. The van der Waals surface area contributed by atoms with E-state index in [1.165, 1.54) is 4.31 Å². The molecule has 0 bridgehead atoms. The first kappa shape index (κ1) is 26.9. The summed E-state index contributed by atoms with van der Waals surface area (Å²) in [4.78, 5) is 27.2. The number of nitrogens with zero attached hydrogens (tertiary/aromatic N) is 2. The van der Waals surface area contributed by atoms with Crippen LogP contribution in [0.5, 0.6) is 0 Å². The van der Waals surface area contributed by atoms with Crippen LogP contribution in [0.2, 0.25) is 0 Å². The highest BCUT2D eigenvalue weighted by Crippen LogP contribution is 2.21. The minimum atomic E-state index is -3.50. The van der Waals surface area contributed by atoms with Crippen molar-refractivity contribution in [3.63, 3.8) is 0 Å². The lowest BCUT2D eigenvalue weighted by Crippen LogP contribution is -2.47. The van der Waals surface area contributed by atoms with Gasteiger partial charge in [-0.1, -0.05) is 40.2 Å². The molecule has 2 amide bonds. The van der Waals surface area contributed by atoms with Crippen molar-refractivity contribution in [1.82, 2.24) is 10.2 Å². The summed E-state index contributed by atoms with van der Waals surface area (Å²) in [6.07, 6.45) is 1.61. The van der Waals surface area contributed by atoms with Crippen molar-refractivity contribution in [2.24, 2.45) is 0 Å². The molecule has 0 aliphatic carbocycles. The third-order valence-electron chi connectivity index (χ3n) is 5.20. The van der Waals surface area contributed by atoms with E-state index in [0.29, 0.717) is 18.7 Å². The molecule has 1 unspecified atom stereocenters. The van der Waals surface area contributed by atoms with E-state index in [4.69, 9.17) is 0 Å². The fourth-order valence-corrected chi connectivity index (χ4v) is 4.93. The summed E-state index contributed by atoms with van der Waals surface area (Å²) in [6, 6.07) is 14.2. The van der Waals surface area contributed by atoms with E-state index in [1.807, 2.05) is 50.2 Å². The van der Waals surface area contributed by atoms with Crippen LogP contribution in [0, 0.1) is 6.92 Å². The smallest absolute Gasteiger partial charge is 0.242 e. The first-order valence-electron chi connectivity index (χ1n) is 10.9. The van der Waals surface area contributed by atoms with Crippen molar-refractivity contribution in [1.29, 1.82) is 0 Å². The van der Waals surface area contributed by atoms with Gasteiger partial charge in [0.2, 0.25) is 21.8 Å². The molecule has 0 aliphatic rings. The number of likely N-dealkylation sites (N-methyl/N-ethyl adjacent to an activating group) is 1. The normalized spacial score (nSPS) is 12.2. The molecule has 2 aromatic rings. The summed E-state index contributed by atoms with van der Waals surface area (Å²) < 4.78 is 26.9. The average molecular weight is 539 g/mol. The van der Waals surface area contributed by atoms with Crippen molar-refractivity contribution in [2.45, 2.75) is 46.2 Å². The third-order valence-corrected chi connectivity index (χ3v) is 6.89. The summed E-state index contributed by atoms with van der Waals surface area (Å²) in [7, 11) is -3.50. The van der Waals surface area contributed by atoms with Crippen molar-refractivity contribution in [2.75, 3.05) is 23.7 Å². The molecule has 0 fully saturated rings. The summed E-state index contributed by atoms with van der Waals surface area (Å²) in [6.45, 7) is 6.36. The van der Waals surface area contributed by atoms with Crippen LogP contribution in [0.15, 0.2) is 53.0 Å². The Morgan fingerprint density at radius 3 is 2.42 bits per heavy atom. The molecule has 0 aromatic heterocycles. The Bertz CT molecular complexity index is 1070. The highest BCUT2D eigenvalue weighted by atomic mass is 79.9. The number of amides is 2. The third kappa shape index (κ3) is 8.16. The number of carbonyl (C=O) groups excluding carboxylic acids is 2. The van der Waals surface area contributed by atoms with Crippen LogP contribution in [0.4, 0.5) is 5.69 Å². The molecule has 1 atom stereocenters. The lowest BCUT2D eigenvalue weighted by Gasteiger charge is -2.29.